The zero-order valence-electron chi connectivity index (χ0n) is 12.9. The summed E-state index contributed by atoms with van der Waals surface area (Å²) in [7, 11) is 3.46. The number of nitrogens with two attached hydrogens (primary N) is 1. The molecule has 0 spiro atoms. The Morgan fingerprint density at radius 1 is 1.05 bits per heavy atom. The van der Waals surface area contributed by atoms with E-state index in [2.05, 4.69) is 24.0 Å². The van der Waals surface area contributed by atoms with E-state index in [1.807, 2.05) is 18.2 Å². The van der Waals surface area contributed by atoms with Crippen molar-refractivity contribution in [3.8, 4) is 0 Å². The van der Waals surface area contributed by atoms with Crippen molar-refractivity contribution in [3.05, 3.63) is 35.9 Å². The molecule has 2 atom stereocenters. The fraction of sp³-hybridized carbons (Fsp3) is 0.625. The lowest BCUT2D eigenvalue weighted by Gasteiger charge is -2.35. The third kappa shape index (κ3) is 5.21. The molecule has 2 N–H and O–H groups in total. The molecule has 0 aliphatic heterocycles. The maximum atomic E-state index is 6.47. The van der Waals surface area contributed by atoms with Gasteiger partial charge >= 0.3 is 0 Å². The summed E-state index contributed by atoms with van der Waals surface area (Å²) in [6, 6.07) is 10.6. The number of benzene rings is 1. The maximum Gasteiger partial charge on any atom is 0.0589 e. The fourth-order valence-electron chi connectivity index (χ4n) is 2.50. The number of ether oxygens (including phenoxy) is 2. The molecule has 0 radical (unpaired) electrons. The summed E-state index contributed by atoms with van der Waals surface area (Å²) >= 11 is 0. The highest BCUT2D eigenvalue weighted by Gasteiger charge is 2.24. The van der Waals surface area contributed by atoms with Crippen LogP contribution in [0.5, 0.6) is 0 Å². The maximum absolute atomic E-state index is 6.47. The number of hydrogen-bond donors (Lipinski definition) is 1. The summed E-state index contributed by atoms with van der Waals surface area (Å²) in [6.45, 7) is 5.35. The summed E-state index contributed by atoms with van der Waals surface area (Å²) in [5, 5.41) is 0. The van der Waals surface area contributed by atoms with E-state index in [1.54, 1.807) is 14.2 Å². The summed E-state index contributed by atoms with van der Waals surface area (Å²) in [6.07, 6.45) is 1.00. The van der Waals surface area contributed by atoms with Gasteiger partial charge in [-0.2, -0.15) is 0 Å². The molecule has 0 amide bonds. The van der Waals surface area contributed by atoms with Gasteiger partial charge in [0.1, 0.15) is 0 Å². The van der Waals surface area contributed by atoms with E-state index in [0.29, 0.717) is 19.3 Å². The van der Waals surface area contributed by atoms with Crippen molar-refractivity contribution in [2.75, 3.05) is 40.5 Å². The molecule has 0 heterocycles. The molecule has 2 unspecified atom stereocenters. The van der Waals surface area contributed by atoms with E-state index >= 15 is 0 Å². The second-order valence-corrected chi connectivity index (χ2v) is 4.93. The van der Waals surface area contributed by atoms with Gasteiger partial charge in [0.05, 0.1) is 13.2 Å². The predicted molar refractivity (Wildman–Crippen MR) is 82.8 cm³/mol. The molecular formula is C16H28N2O2. The van der Waals surface area contributed by atoms with Gasteiger partial charge in [0.2, 0.25) is 0 Å². The second-order valence-electron chi connectivity index (χ2n) is 4.93. The van der Waals surface area contributed by atoms with Crippen LogP contribution in [0.3, 0.4) is 0 Å². The molecule has 0 fully saturated rings. The van der Waals surface area contributed by atoms with Crippen molar-refractivity contribution in [1.82, 2.24) is 4.90 Å². The third-order valence-corrected chi connectivity index (χ3v) is 3.65. The van der Waals surface area contributed by atoms with Gasteiger partial charge in [-0.25, -0.2) is 0 Å². The van der Waals surface area contributed by atoms with Crippen LogP contribution < -0.4 is 5.73 Å². The topological polar surface area (TPSA) is 47.7 Å². The second kappa shape index (κ2) is 9.88. The van der Waals surface area contributed by atoms with Gasteiger partial charge in [-0.05, 0) is 12.0 Å². The Kier molecular flexibility index (Phi) is 8.46. The Balaban J connectivity index is 2.76. The Bertz CT molecular complexity index is 338. The van der Waals surface area contributed by atoms with Crippen molar-refractivity contribution in [2.24, 2.45) is 5.73 Å². The first-order valence-electron chi connectivity index (χ1n) is 7.27. The lowest BCUT2D eigenvalue weighted by Crippen LogP contribution is -2.45. The van der Waals surface area contributed by atoms with Crippen molar-refractivity contribution in [3.63, 3.8) is 0 Å². The van der Waals surface area contributed by atoms with Crippen LogP contribution in [0, 0.1) is 0 Å². The molecular weight excluding hydrogens is 252 g/mol. The van der Waals surface area contributed by atoms with Crippen LogP contribution in [0.25, 0.3) is 0 Å². The van der Waals surface area contributed by atoms with Gasteiger partial charge < -0.3 is 15.2 Å². The highest BCUT2D eigenvalue weighted by atomic mass is 16.5. The quantitative estimate of drug-likeness (QED) is 0.712. The van der Waals surface area contributed by atoms with E-state index in [9.17, 15) is 0 Å². The van der Waals surface area contributed by atoms with Crippen molar-refractivity contribution in [2.45, 2.75) is 25.4 Å². The lowest BCUT2D eigenvalue weighted by atomic mass is 9.97. The minimum atomic E-state index is 0.00918. The number of nitrogens with zero attached hydrogens (tertiary/aromatic N) is 1. The highest BCUT2D eigenvalue weighted by Crippen LogP contribution is 2.21. The van der Waals surface area contributed by atoms with Gasteiger partial charge in [-0.15, -0.1) is 0 Å². The smallest absolute Gasteiger partial charge is 0.0589 e. The third-order valence-electron chi connectivity index (χ3n) is 3.65. The van der Waals surface area contributed by atoms with Crippen LogP contribution in [-0.4, -0.2) is 51.5 Å². The molecule has 0 aliphatic rings. The van der Waals surface area contributed by atoms with Crippen LogP contribution in [0.1, 0.15) is 24.9 Å². The van der Waals surface area contributed by atoms with E-state index in [-0.39, 0.29) is 6.04 Å². The van der Waals surface area contributed by atoms with Gasteiger partial charge in [0.15, 0.2) is 0 Å². The Hall–Kier alpha value is -0.940. The average Bonchev–Trinajstić information content (AvgIpc) is 2.50. The standard InChI is InChI=1S/C16H28N2O2/c1-4-15(16(17)14-8-6-5-7-9-14)18(10-12-19-2)11-13-20-3/h5-9,15-16H,4,10-13,17H2,1-3H3. The average molecular weight is 280 g/mol. The summed E-state index contributed by atoms with van der Waals surface area (Å²) in [4.78, 5) is 2.37. The molecule has 4 heteroatoms. The zero-order chi connectivity index (χ0) is 14.8. The minimum absolute atomic E-state index is 0.00918. The molecule has 20 heavy (non-hydrogen) atoms. The zero-order valence-corrected chi connectivity index (χ0v) is 12.9. The van der Waals surface area contributed by atoms with Gasteiger partial charge in [-0.1, -0.05) is 37.3 Å². The van der Waals surface area contributed by atoms with Crippen molar-refractivity contribution >= 4 is 0 Å². The Morgan fingerprint density at radius 2 is 1.60 bits per heavy atom. The molecule has 0 aromatic heterocycles. The molecule has 1 aromatic carbocycles. The SMILES string of the molecule is CCC(C(N)c1ccccc1)N(CCOC)CCOC. The van der Waals surface area contributed by atoms with E-state index in [1.165, 1.54) is 5.56 Å². The molecule has 0 saturated heterocycles. The highest BCUT2D eigenvalue weighted by molar-refractivity contribution is 5.20. The van der Waals surface area contributed by atoms with Crippen LogP contribution >= 0.6 is 0 Å². The predicted octanol–water partition coefficient (Wildman–Crippen LogP) is 2.06. The number of methoxy groups -OCH3 is 2. The van der Waals surface area contributed by atoms with Gasteiger partial charge in [-0.3, -0.25) is 4.90 Å². The number of rotatable bonds is 10. The van der Waals surface area contributed by atoms with E-state index < -0.39 is 0 Å². The van der Waals surface area contributed by atoms with Crippen LogP contribution in [0.2, 0.25) is 0 Å². The summed E-state index contributed by atoms with van der Waals surface area (Å²) in [5.74, 6) is 0. The first kappa shape index (κ1) is 17.1. The fourth-order valence-corrected chi connectivity index (χ4v) is 2.50. The van der Waals surface area contributed by atoms with Gasteiger partial charge in [0, 0.05) is 39.4 Å². The molecule has 1 aromatic rings. The molecule has 0 bridgehead atoms. The first-order chi connectivity index (χ1) is 9.74. The van der Waals surface area contributed by atoms with E-state index in [0.717, 1.165) is 19.5 Å². The lowest BCUT2D eigenvalue weighted by molar-refractivity contribution is 0.0767. The van der Waals surface area contributed by atoms with Crippen LogP contribution in [0.4, 0.5) is 0 Å². The molecule has 0 saturated carbocycles. The van der Waals surface area contributed by atoms with Crippen LogP contribution in [0.15, 0.2) is 30.3 Å². The molecule has 114 valence electrons. The molecule has 0 aliphatic carbocycles. The molecule has 1 rings (SSSR count). The van der Waals surface area contributed by atoms with E-state index in [4.69, 9.17) is 15.2 Å². The summed E-state index contributed by atoms with van der Waals surface area (Å²) < 4.78 is 10.4. The normalized spacial score (nSPS) is 14.4. The Morgan fingerprint density at radius 3 is 2.05 bits per heavy atom. The molecule has 4 nitrogen and oxygen atoms in total. The first-order valence-corrected chi connectivity index (χ1v) is 7.27. The largest absolute Gasteiger partial charge is 0.383 e. The monoisotopic (exact) mass is 280 g/mol. The van der Waals surface area contributed by atoms with Crippen molar-refractivity contribution < 1.29 is 9.47 Å². The van der Waals surface area contributed by atoms with Crippen molar-refractivity contribution in [1.29, 1.82) is 0 Å². The van der Waals surface area contributed by atoms with Gasteiger partial charge in [0.25, 0.3) is 0 Å². The summed E-state index contributed by atoms with van der Waals surface area (Å²) in [5.41, 5.74) is 7.65. The minimum Gasteiger partial charge on any atom is -0.383 e. The number of hydrogen-bond acceptors (Lipinski definition) is 4. The Labute approximate surface area is 122 Å². The van der Waals surface area contributed by atoms with Crippen LogP contribution in [-0.2, 0) is 9.47 Å².